The molecule has 3 rings (SSSR count). The summed E-state index contributed by atoms with van der Waals surface area (Å²) in [7, 11) is 0. The molecule has 1 heterocycles. The average Bonchev–Trinajstić information content (AvgIpc) is 2.96. The second kappa shape index (κ2) is 6.08. The molecule has 0 saturated heterocycles. The lowest BCUT2D eigenvalue weighted by molar-refractivity contribution is -0.127. The van der Waals surface area contributed by atoms with Crippen molar-refractivity contribution >= 4 is 11.9 Å². The summed E-state index contributed by atoms with van der Waals surface area (Å²) in [4.78, 5) is 23.1. The zero-order chi connectivity index (χ0) is 16.4. The largest absolute Gasteiger partial charge is 0.480 e. The normalized spacial score (nSPS) is 15.6. The van der Waals surface area contributed by atoms with Gasteiger partial charge in [0.05, 0.1) is 5.56 Å². The average molecular weight is 315 g/mol. The van der Waals surface area contributed by atoms with Gasteiger partial charge in [0, 0.05) is 18.5 Å². The maximum Gasteiger partial charge on any atom is 0.335 e. The van der Waals surface area contributed by atoms with Crippen molar-refractivity contribution in [1.82, 2.24) is 5.32 Å². The van der Waals surface area contributed by atoms with E-state index < -0.39 is 12.1 Å². The third-order valence-corrected chi connectivity index (χ3v) is 3.63. The molecule has 0 saturated carbocycles. The third-order valence-electron chi connectivity index (χ3n) is 3.63. The molecule has 1 atom stereocenters. The lowest BCUT2D eigenvalue weighted by Gasteiger charge is -2.11. The van der Waals surface area contributed by atoms with Gasteiger partial charge in [-0.2, -0.15) is 0 Å². The van der Waals surface area contributed by atoms with E-state index in [0.717, 1.165) is 0 Å². The highest BCUT2D eigenvalue weighted by molar-refractivity contribution is 5.87. The van der Waals surface area contributed by atoms with Gasteiger partial charge in [0.25, 0.3) is 5.91 Å². The number of carboxylic acid groups (broad SMARTS) is 1. The van der Waals surface area contributed by atoms with E-state index in [2.05, 4.69) is 5.32 Å². The van der Waals surface area contributed by atoms with E-state index in [1.165, 1.54) is 30.3 Å². The number of hydrogen-bond acceptors (Lipinski definition) is 3. The zero-order valence-electron chi connectivity index (χ0n) is 12.1. The number of benzene rings is 2. The fourth-order valence-electron chi connectivity index (χ4n) is 2.48. The van der Waals surface area contributed by atoms with Crippen molar-refractivity contribution < 1.29 is 23.8 Å². The number of ether oxygens (including phenoxy) is 1. The van der Waals surface area contributed by atoms with Crippen molar-refractivity contribution in [1.29, 1.82) is 0 Å². The predicted octanol–water partition coefficient (Wildman–Crippen LogP) is 2.14. The Morgan fingerprint density at radius 3 is 2.87 bits per heavy atom. The number of halogens is 1. The van der Waals surface area contributed by atoms with Gasteiger partial charge in [-0.1, -0.05) is 12.1 Å². The number of rotatable bonds is 4. The van der Waals surface area contributed by atoms with Crippen LogP contribution in [0.1, 0.15) is 21.5 Å². The second-order valence-corrected chi connectivity index (χ2v) is 5.29. The fraction of sp³-hybridized carbons (Fsp3) is 0.176. The van der Waals surface area contributed by atoms with Crippen molar-refractivity contribution in [3.05, 3.63) is 65.0 Å². The molecule has 23 heavy (non-hydrogen) atoms. The minimum Gasteiger partial charge on any atom is -0.480 e. The van der Waals surface area contributed by atoms with Crippen molar-refractivity contribution in [3.63, 3.8) is 0 Å². The van der Waals surface area contributed by atoms with Crippen LogP contribution in [-0.2, 0) is 17.8 Å². The Morgan fingerprint density at radius 2 is 2.09 bits per heavy atom. The minimum absolute atomic E-state index is 0.164. The van der Waals surface area contributed by atoms with Gasteiger partial charge in [-0.05, 0) is 35.9 Å². The molecule has 0 spiro atoms. The fourth-order valence-corrected chi connectivity index (χ4v) is 2.48. The molecule has 0 aliphatic carbocycles. The summed E-state index contributed by atoms with van der Waals surface area (Å²) in [5, 5.41) is 11.6. The predicted molar refractivity (Wildman–Crippen MR) is 79.8 cm³/mol. The highest BCUT2D eigenvalue weighted by Gasteiger charge is 2.29. The number of carbonyl (C=O) groups is 2. The Balaban J connectivity index is 1.61. The Labute approximate surface area is 131 Å². The van der Waals surface area contributed by atoms with Crippen LogP contribution in [0.5, 0.6) is 5.75 Å². The van der Waals surface area contributed by atoms with E-state index >= 15 is 0 Å². The van der Waals surface area contributed by atoms with Crippen LogP contribution in [0.4, 0.5) is 4.39 Å². The summed E-state index contributed by atoms with van der Waals surface area (Å²) in [5.74, 6) is -1.18. The van der Waals surface area contributed by atoms with Crippen LogP contribution in [0, 0.1) is 5.82 Å². The summed E-state index contributed by atoms with van der Waals surface area (Å²) < 4.78 is 18.7. The van der Waals surface area contributed by atoms with E-state index in [0.29, 0.717) is 23.3 Å². The molecule has 1 amide bonds. The van der Waals surface area contributed by atoms with Crippen LogP contribution in [0.25, 0.3) is 0 Å². The first-order valence-electron chi connectivity index (χ1n) is 7.08. The molecule has 1 unspecified atom stereocenters. The number of amides is 1. The first-order chi connectivity index (χ1) is 11.0. The molecular formula is C17H14FNO4. The molecule has 2 N–H and O–H groups in total. The summed E-state index contributed by atoms with van der Waals surface area (Å²) in [6, 6.07) is 10.5. The van der Waals surface area contributed by atoms with E-state index in [-0.39, 0.29) is 23.8 Å². The quantitative estimate of drug-likeness (QED) is 0.906. The molecule has 0 fully saturated rings. The third kappa shape index (κ3) is 3.31. The summed E-state index contributed by atoms with van der Waals surface area (Å²) in [5.41, 5.74) is 1.51. The van der Waals surface area contributed by atoms with Gasteiger partial charge in [0.15, 0.2) is 6.10 Å². The molecule has 2 aromatic rings. The topological polar surface area (TPSA) is 75.6 Å². The van der Waals surface area contributed by atoms with Crippen molar-refractivity contribution in [2.75, 3.05) is 0 Å². The van der Waals surface area contributed by atoms with Gasteiger partial charge in [-0.25, -0.2) is 9.18 Å². The van der Waals surface area contributed by atoms with Crippen LogP contribution < -0.4 is 10.1 Å². The van der Waals surface area contributed by atoms with Gasteiger partial charge in [-0.3, -0.25) is 4.79 Å². The molecular weight excluding hydrogens is 301 g/mol. The van der Waals surface area contributed by atoms with Crippen molar-refractivity contribution in [2.24, 2.45) is 0 Å². The lowest BCUT2D eigenvalue weighted by atomic mass is 10.1. The highest BCUT2D eigenvalue weighted by atomic mass is 19.1. The number of aromatic carboxylic acids is 1. The van der Waals surface area contributed by atoms with Gasteiger partial charge in [-0.15, -0.1) is 0 Å². The number of hydrogen-bond donors (Lipinski definition) is 2. The summed E-state index contributed by atoms with van der Waals surface area (Å²) in [6.07, 6.45) is -0.386. The molecule has 0 aromatic heterocycles. The van der Waals surface area contributed by atoms with Crippen LogP contribution in [0.15, 0.2) is 42.5 Å². The minimum atomic E-state index is -1.02. The van der Waals surface area contributed by atoms with E-state index in [1.54, 1.807) is 12.1 Å². The molecule has 1 aliphatic heterocycles. The van der Waals surface area contributed by atoms with Crippen LogP contribution >= 0.6 is 0 Å². The van der Waals surface area contributed by atoms with Gasteiger partial charge >= 0.3 is 5.97 Å². The number of nitrogens with one attached hydrogen (secondary N) is 1. The molecule has 1 aliphatic rings. The Bertz CT molecular complexity index is 775. The highest BCUT2D eigenvalue weighted by Crippen LogP contribution is 2.29. The smallest absolute Gasteiger partial charge is 0.335 e. The van der Waals surface area contributed by atoms with Crippen LogP contribution in [-0.4, -0.2) is 23.1 Å². The van der Waals surface area contributed by atoms with E-state index in [4.69, 9.17) is 9.84 Å². The zero-order valence-corrected chi connectivity index (χ0v) is 12.1. The molecule has 6 heteroatoms. The first kappa shape index (κ1) is 15.0. The first-order valence-corrected chi connectivity index (χ1v) is 7.08. The molecule has 5 nitrogen and oxygen atoms in total. The van der Waals surface area contributed by atoms with Crippen LogP contribution in [0.2, 0.25) is 0 Å². The van der Waals surface area contributed by atoms with Gasteiger partial charge < -0.3 is 15.2 Å². The monoisotopic (exact) mass is 315 g/mol. The lowest BCUT2D eigenvalue weighted by Crippen LogP contribution is -2.37. The summed E-state index contributed by atoms with van der Waals surface area (Å²) in [6.45, 7) is 0.199. The maximum absolute atomic E-state index is 13.2. The Kier molecular flexibility index (Phi) is 3.97. The molecule has 2 aromatic carbocycles. The van der Waals surface area contributed by atoms with Crippen LogP contribution in [0.3, 0.4) is 0 Å². The second-order valence-electron chi connectivity index (χ2n) is 5.29. The number of carbonyl (C=O) groups excluding carboxylic acids is 1. The Morgan fingerprint density at radius 1 is 1.26 bits per heavy atom. The van der Waals surface area contributed by atoms with E-state index in [1.807, 2.05) is 0 Å². The molecule has 118 valence electrons. The number of carboxylic acids is 1. The SMILES string of the molecule is O=C(O)c1cccc(CNC(=O)C2Cc3cc(F)ccc3O2)c1. The van der Waals surface area contributed by atoms with Crippen molar-refractivity contribution in [2.45, 2.75) is 19.1 Å². The number of fused-ring (bicyclic) bond motifs is 1. The molecule has 0 bridgehead atoms. The standard InChI is InChI=1S/C17H14FNO4/c18-13-4-5-14-12(7-13)8-15(23-14)16(20)19-9-10-2-1-3-11(6-10)17(21)22/h1-7,15H,8-9H2,(H,19,20)(H,21,22). The summed E-state index contributed by atoms with van der Waals surface area (Å²) >= 11 is 0. The van der Waals surface area contributed by atoms with Crippen molar-refractivity contribution in [3.8, 4) is 5.75 Å². The van der Waals surface area contributed by atoms with Gasteiger partial charge in [0.2, 0.25) is 0 Å². The van der Waals surface area contributed by atoms with E-state index in [9.17, 15) is 14.0 Å². The van der Waals surface area contributed by atoms with Gasteiger partial charge in [0.1, 0.15) is 11.6 Å². The maximum atomic E-state index is 13.2. The Hall–Kier alpha value is -2.89. The molecule has 0 radical (unpaired) electrons.